The van der Waals surface area contributed by atoms with E-state index in [2.05, 4.69) is 36.9 Å². The lowest BCUT2D eigenvalue weighted by Crippen LogP contribution is -2.31. The third-order valence-electron chi connectivity index (χ3n) is 3.89. The predicted molar refractivity (Wildman–Crippen MR) is 90.6 cm³/mol. The second kappa shape index (κ2) is 6.62. The zero-order valence-corrected chi connectivity index (χ0v) is 14.9. The molecule has 122 valence electrons. The molecule has 0 aliphatic carbocycles. The molecule has 3 rings (SSSR count). The van der Waals surface area contributed by atoms with Crippen LogP contribution in [-0.2, 0) is 13.0 Å². The van der Waals surface area contributed by atoms with Gasteiger partial charge in [0.05, 0.1) is 32.0 Å². The van der Waals surface area contributed by atoms with E-state index in [4.69, 9.17) is 14.2 Å². The summed E-state index contributed by atoms with van der Waals surface area (Å²) < 4.78 is 16.8. The van der Waals surface area contributed by atoms with Gasteiger partial charge in [0.1, 0.15) is 0 Å². The number of benzene rings is 1. The number of nitrogens with zero attached hydrogens (tertiary/aromatic N) is 3. The van der Waals surface area contributed by atoms with Crippen LogP contribution in [0.2, 0.25) is 0 Å². The molecule has 1 aromatic heterocycles. The Kier molecular flexibility index (Phi) is 4.56. The predicted octanol–water partition coefficient (Wildman–Crippen LogP) is 2.83. The maximum Gasteiger partial charge on any atom is 0.232 e. The highest BCUT2D eigenvalue weighted by atomic mass is 79.9. The summed E-state index contributed by atoms with van der Waals surface area (Å²) in [5, 5.41) is 0. The number of methoxy groups -OCH3 is 3. The summed E-state index contributed by atoms with van der Waals surface area (Å²) in [6.45, 7) is 1.56. The Morgan fingerprint density at radius 3 is 2.39 bits per heavy atom. The molecule has 0 N–H and O–H groups in total. The van der Waals surface area contributed by atoms with Gasteiger partial charge < -0.3 is 19.1 Å². The molecule has 6 nitrogen and oxygen atoms in total. The maximum atomic E-state index is 5.39. The lowest BCUT2D eigenvalue weighted by atomic mass is 9.99. The van der Waals surface area contributed by atoms with Crippen molar-refractivity contribution >= 4 is 21.9 Å². The molecule has 0 amide bonds. The van der Waals surface area contributed by atoms with Gasteiger partial charge in [-0.05, 0) is 45.6 Å². The van der Waals surface area contributed by atoms with E-state index in [9.17, 15) is 0 Å². The molecule has 2 heterocycles. The van der Waals surface area contributed by atoms with Gasteiger partial charge in [0.25, 0.3) is 0 Å². The highest BCUT2D eigenvalue weighted by Crippen LogP contribution is 2.34. The number of hydrogen-bond acceptors (Lipinski definition) is 6. The van der Waals surface area contributed by atoms with E-state index in [1.807, 2.05) is 6.07 Å². The molecule has 7 heteroatoms. The first-order chi connectivity index (χ1) is 11.2. The van der Waals surface area contributed by atoms with E-state index in [0.29, 0.717) is 11.8 Å². The smallest absolute Gasteiger partial charge is 0.232 e. The quantitative estimate of drug-likeness (QED) is 0.813. The van der Waals surface area contributed by atoms with Gasteiger partial charge in [-0.1, -0.05) is 0 Å². The molecule has 0 fully saturated rings. The highest BCUT2D eigenvalue weighted by molar-refractivity contribution is 9.10. The van der Waals surface area contributed by atoms with Crippen LogP contribution in [0.25, 0.3) is 0 Å². The van der Waals surface area contributed by atoms with Gasteiger partial charge in [-0.15, -0.1) is 0 Å². The number of aromatic nitrogens is 2. The molecular formula is C16H18BrN3O3. The summed E-state index contributed by atoms with van der Waals surface area (Å²) in [5.74, 6) is 2.70. The van der Waals surface area contributed by atoms with Crippen molar-refractivity contribution in [2.24, 2.45) is 0 Å². The van der Waals surface area contributed by atoms with Crippen molar-refractivity contribution in [3.8, 4) is 17.4 Å². The molecule has 1 aliphatic heterocycles. The Morgan fingerprint density at radius 1 is 1.04 bits per heavy atom. The van der Waals surface area contributed by atoms with Crippen LogP contribution >= 0.6 is 15.9 Å². The summed E-state index contributed by atoms with van der Waals surface area (Å²) in [6.07, 6.45) is 2.61. The van der Waals surface area contributed by atoms with Gasteiger partial charge in [-0.3, -0.25) is 0 Å². The first-order valence-electron chi connectivity index (χ1n) is 7.21. The SMILES string of the molecule is COc1cc2c(cc1OC)CN(c1ncc(Br)c(OC)n1)CC2. The van der Waals surface area contributed by atoms with Gasteiger partial charge in [-0.2, -0.15) is 4.98 Å². The Morgan fingerprint density at radius 2 is 1.74 bits per heavy atom. The molecule has 0 spiro atoms. The molecule has 0 atom stereocenters. The first kappa shape index (κ1) is 15.9. The van der Waals surface area contributed by atoms with Crippen molar-refractivity contribution in [2.45, 2.75) is 13.0 Å². The Balaban J connectivity index is 1.90. The van der Waals surface area contributed by atoms with Crippen LogP contribution in [0.5, 0.6) is 17.4 Å². The minimum Gasteiger partial charge on any atom is -0.493 e. The van der Waals surface area contributed by atoms with Gasteiger partial charge >= 0.3 is 0 Å². The summed E-state index contributed by atoms with van der Waals surface area (Å²) in [7, 11) is 4.90. The molecule has 1 aromatic carbocycles. The van der Waals surface area contributed by atoms with E-state index in [0.717, 1.165) is 35.5 Å². The molecule has 0 radical (unpaired) electrons. The molecule has 23 heavy (non-hydrogen) atoms. The summed E-state index contributed by atoms with van der Waals surface area (Å²) in [5.41, 5.74) is 2.46. The second-order valence-corrected chi connectivity index (χ2v) is 6.03. The molecule has 2 aromatic rings. The lowest BCUT2D eigenvalue weighted by molar-refractivity contribution is 0.353. The van der Waals surface area contributed by atoms with Crippen LogP contribution in [0.4, 0.5) is 5.95 Å². The Hall–Kier alpha value is -2.02. The average molecular weight is 380 g/mol. The second-order valence-electron chi connectivity index (χ2n) is 5.17. The number of rotatable bonds is 4. The number of anilines is 1. The summed E-state index contributed by atoms with van der Waals surface area (Å²) in [6, 6.07) is 4.07. The van der Waals surface area contributed by atoms with Crippen LogP contribution < -0.4 is 19.1 Å². The van der Waals surface area contributed by atoms with E-state index < -0.39 is 0 Å². The minimum absolute atomic E-state index is 0.535. The van der Waals surface area contributed by atoms with E-state index >= 15 is 0 Å². The van der Waals surface area contributed by atoms with Crippen molar-refractivity contribution in [1.82, 2.24) is 9.97 Å². The molecule has 0 unspecified atom stereocenters. The highest BCUT2D eigenvalue weighted by Gasteiger charge is 2.22. The van der Waals surface area contributed by atoms with Crippen molar-refractivity contribution in [1.29, 1.82) is 0 Å². The zero-order valence-electron chi connectivity index (χ0n) is 13.3. The van der Waals surface area contributed by atoms with Gasteiger partial charge in [0.2, 0.25) is 11.8 Å². The third kappa shape index (κ3) is 3.06. The van der Waals surface area contributed by atoms with Gasteiger partial charge in [-0.25, -0.2) is 4.98 Å². The average Bonchev–Trinajstić information content (AvgIpc) is 2.60. The standard InChI is InChI=1S/C16H18BrN3O3/c1-21-13-6-10-4-5-20(9-11(10)7-14(13)22-2)16-18-8-12(17)15(19-16)23-3/h6-8H,4-5,9H2,1-3H3. The minimum atomic E-state index is 0.535. The Labute approximate surface area is 143 Å². The van der Waals surface area contributed by atoms with Gasteiger partial charge in [0.15, 0.2) is 11.5 Å². The topological polar surface area (TPSA) is 56.7 Å². The van der Waals surface area contributed by atoms with Crippen molar-refractivity contribution in [2.75, 3.05) is 32.8 Å². The molecule has 0 saturated carbocycles. The Bertz CT molecular complexity index is 724. The van der Waals surface area contributed by atoms with Crippen LogP contribution in [0.1, 0.15) is 11.1 Å². The molecule has 0 saturated heterocycles. The molecule has 0 bridgehead atoms. The van der Waals surface area contributed by atoms with Crippen LogP contribution in [0, 0.1) is 0 Å². The molecule has 1 aliphatic rings. The number of hydrogen-bond donors (Lipinski definition) is 0. The first-order valence-corrected chi connectivity index (χ1v) is 8.00. The van der Waals surface area contributed by atoms with Crippen LogP contribution in [0.15, 0.2) is 22.8 Å². The summed E-state index contributed by atoms with van der Waals surface area (Å²) >= 11 is 3.38. The maximum absolute atomic E-state index is 5.39. The number of halogens is 1. The zero-order chi connectivity index (χ0) is 16.4. The fraction of sp³-hybridized carbons (Fsp3) is 0.375. The fourth-order valence-electron chi connectivity index (χ4n) is 2.69. The number of fused-ring (bicyclic) bond motifs is 1. The van der Waals surface area contributed by atoms with Gasteiger partial charge in [0, 0.05) is 13.1 Å². The van der Waals surface area contributed by atoms with Crippen molar-refractivity contribution < 1.29 is 14.2 Å². The number of ether oxygens (including phenoxy) is 3. The van der Waals surface area contributed by atoms with Crippen LogP contribution in [0.3, 0.4) is 0 Å². The monoisotopic (exact) mass is 379 g/mol. The van der Waals surface area contributed by atoms with E-state index in [-0.39, 0.29) is 0 Å². The van der Waals surface area contributed by atoms with Crippen molar-refractivity contribution in [3.05, 3.63) is 33.9 Å². The fourth-order valence-corrected chi connectivity index (χ4v) is 3.05. The third-order valence-corrected chi connectivity index (χ3v) is 4.44. The normalized spacial score (nSPS) is 13.5. The van der Waals surface area contributed by atoms with Crippen LogP contribution in [-0.4, -0.2) is 37.8 Å². The van der Waals surface area contributed by atoms with Crippen molar-refractivity contribution in [3.63, 3.8) is 0 Å². The lowest BCUT2D eigenvalue weighted by Gasteiger charge is -2.29. The molecular weight excluding hydrogens is 362 g/mol. The summed E-state index contributed by atoms with van der Waals surface area (Å²) in [4.78, 5) is 11.0. The van der Waals surface area contributed by atoms with E-state index in [1.165, 1.54) is 11.1 Å². The largest absolute Gasteiger partial charge is 0.493 e. The van der Waals surface area contributed by atoms with E-state index in [1.54, 1.807) is 27.5 Å².